The maximum atomic E-state index is 10.1. The Morgan fingerprint density at radius 2 is 1.75 bits per heavy atom. The standard InChI is InChI=1S/C30H31N5O3S2/c1-16-24(28-34-20-9-5-7-11-23(20)40-28)27(33-21-13-18(15-36)25-26(21)38-30(2,3)37-25)35-29(32-16)31-14-19-12-17-8-4-6-10-22(17)39-19/h4-12,18,21,25-26,36H,13-15H2,1-3H3,(H2,31,32,33,35)/t18-,21-,25-,26+/m1/s1. The number of aliphatic hydroxyl groups is 1. The van der Waals surface area contributed by atoms with Crippen LogP contribution in [0.1, 0.15) is 30.8 Å². The predicted octanol–water partition coefficient (Wildman–Crippen LogP) is 6.20. The van der Waals surface area contributed by atoms with Crippen LogP contribution >= 0.6 is 22.7 Å². The Kier molecular flexibility index (Phi) is 6.47. The van der Waals surface area contributed by atoms with Crippen LogP contribution in [0.3, 0.4) is 0 Å². The number of nitrogens with one attached hydrogen (secondary N) is 2. The molecule has 2 aliphatic rings. The minimum atomic E-state index is -0.697. The number of thiazole rings is 1. The average Bonchev–Trinajstić information content (AvgIpc) is 3.68. The number of aryl methyl sites for hydroxylation is 1. The second kappa shape index (κ2) is 10.0. The van der Waals surface area contributed by atoms with Crippen molar-refractivity contribution in [3.8, 4) is 10.6 Å². The fraction of sp³-hybridized carbons (Fsp3) is 0.367. The maximum Gasteiger partial charge on any atom is 0.225 e. The molecule has 1 saturated carbocycles. The van der Waals surface area contributed by atoms with Crippen molar-refractivity contribution in [2.45, 2.75) is 57.8 Å². The molecule has 2 fully saturated rings. The molecule has 1 aliphatic heterocycles. The van der Waals surface area contributed by atoms with Crippen LogP contribution in [0.5, 0.6) is 0 Å². The minimum absolute atomic E-state index is 0.0105. The lowest BCUT2D eigenvalue weighted by Crippen LogP contribution is -2.35. The number of ether oxygens (including phenoxy) is 2. The lowest BCUT2D eigenvalue weighted by atomic mass is 10.1. The van der Waals surface area contributed by atoms with Crippen LogP contribution in [0.2, 0.25) is 0 Å². The topological polar surface area (TPSA) is 101 Å². The molecular weight excluding hydrogens is 542 g/mol. The van der Waals surface area contributed by atoms with Crippen molar-refractivity contribution < 1.29 is 14.6 Å². The van der Waals surface area contributed by atoms with E-state index in [-0.39, 0.29) is 30.8 Å². The number of hydrogen-bond acceptors (Lipinski definition) is 10. The second-order valence-electron chi connectivity index (χ2n) is 10.9. The van der Waals surface area contributed by atoms with E-state index in [1.165, 1.54) is 15.0 Å². The largest absolute Gasteiger partial charge is 0.396 e. The van der Waals surface area contributed by atoms with E-state index < -0.39 is 5.79 Å². The van der Waals surface area contributed by atoms with Crippen LogP contribution in [0.15, 0.2) is 54.6 Å². The molecule has 2 aromatic carbocycles. The maximum absolute atomic E-state index is 10.1. The molecular formula is C30H31N5O3S2. The number of hydrogen-bond donors (Lipinski definition) is 3. The highest BCUT2D eigenvalue weighted by atomic mass is 32.1. The zero-order valence-corrected chi connectivity index (χ0v) is 24.2. The van der Waals surface area contributed by atoms with Crippen molar-refractivity contribution in [1.82, 2.24) is 15.0 Å². The molecule has 0 unspecified atom stereocenters. The second-order valence-corrected chi connectivity index (χ2v) is 13.1. The highest BCUT2D eigenvalue weighted by Gasteiger charge is 2.54. The van der Waals surface area contributed by atoms with Crippen LogP contribution in [0.4, 0.5) is 11.8 Å². The van der Waals surface area contributed by atoms with Gasteiger partial charge in [-0.3, -0.25) is 0 Å². The van der Waals surface area contributed by atoms with Crippen molar-refractivity contribution in [3.63, 3.8) is 0 Å². The lowest BCUT2D eigenvalue weighted by Gasteiger charge is -2.25. The van der Waals surface area contributed by atoms with Gasteiger partial charge in [-0.2, -0.15) is 4.98 Å². The summed E-state index contributed by atoms with van der Waals surface area (Å²) in [6.07, 6.45) is 0.354. The third kappa shape index (κ3) is 4.73. The molecule has 4 atom stereocenters. The van der Waals surface area contributed by atoms with E-state index in [1.807, 2.05) is 39.0 Å². The molecule has 206 valence electrons. The first kappa shape index (κ1) is 25.8. The summed E-state index contributed by atoms with van der Waals surface area (Å²) in [5.74, 6) is 0.557. The number of nitrogens with zero attached hydrogens (tertiary/aromatic N) is 3. The summed E-state index contributed by atoms with van der Waals surface area (Å²) in [5.41, 5.74) is 2.68. The minimum Gasteiger partial charge on any atom is -0.396 e. The number of para-hydroxylation sites is 1. The molecule has 3 aromatic heterocycles. The number of rotatable bonds is 7. The zero-order valence-electron chi connectivity index (χ0n) is 22.5. The van der Waals surface area contributed by atoms with Gasteiger partial charge in [0.25, 0.3) is 0 Å². The van der Waals surface area contributed by atoms with E-state index in [2.05, 4.69) is 47.0 Å². The molecule has 1 aliphatic carbocycles. The van der Waals surface area contributed by atoms with Gasteiger partial charge in [-0.05, 0) is 56.8 Å². The number of thiophene rings is 1. The van der Waals surface area contributed by atoms with Gasteiger partial charge >= 0.3 is 0 Å². The van der Waals surface area contributed by atoms with Crippen molar-refractivity contribution in [2.75, 3.05) is 17.2 Å². The van der Waals surface area contributed by atoms with Crippen molar-refractivity contribution in [2.24, 2.45) is 5.92 Å². The van der Waals surface area contributed by atoms with Crippen LogP contribution in [0, 0.1) is 12.8 Å². The van der Waals surface area contributed by atoms with Crippen molar-refractivity contribution in [1.29, 1.82) is 0 Å². The van der Waals surface area contributed by atoms with E-state index >= 15 is 0 Å². The SMILES string of the molecule is Cc1nc(NCc2cc3ccccc3s2)nc(N[C@@H]2C[C@H](CO)[C@H]3OC(C)(C)O[C@H]32)c1-c1nc2ccccc2s1. The summed E-state index contributed by atoms with van der Waals surface area (Å²) in [4.78, 5) is 16.0. The Bertz CT molecular complexity index is 1630. The van der Waals surface area contributed by atoms with E-state index in [0.29, 0.717) is 18.3 Å². The number of aliphatic hydroxyl groups excluding tert-OH is 1. The Morgan fingerprint density at radius 1 is 0.975 bits per heavy atom. The third-order valence-corrected chi connectivity index (χ3v) is 9.80. The molecule has 0 bridgehead atoms. The molecule has 0 amide bonds. The summed E-state index contributed by atoms with van der Waals surface area (Å²) in [6.45, 7) is 6.53. The van der Waals surface area contributed by atoms with Gasteiger partial charge in [0.05, 0.1) is 40.2 Å². The zero-order chi connectivity index (χ0) is 27.4. The fourth-order valence-electron chi connectivity index (χ4n) is 5.86. The first-order valence-corrected chi connectivity index (χ1v) is 15.2. The lowest BCUT2D eigenvalue weighted by molar-refractivity contribution is -0.158. The molecule has 8 nitrogen and oxygen atoms in total. The van der Waals surface area contributed by atoms with Crippen molar-refractivity contribution in [3.05, 3.63) is 65.2 Å². The number of aromatic nitrogens is 3. The van der Waals surface area contributed by atoms with Gasteiger partial charge in [0, 0.05) is 22.1 Å². The summed E-state index contributed by atoms with van der Waals surface area (Å²) >= 11 is 3.40. The molecule has 0 spiro atoms. The van der Waals surface area contributed by atoms with Gasteiger partial charge in [0.2, 0.25) is 5.95 Å². The molecule has 0 radical (unpaired) electrons. The summed E-state index contributed by atoms with van der Waals surface area (Å²) in [6, 6.07) is 18.7. The van der Waals surface area contributed by atoms with Gasteiger partial charge in [-0.25, -0.2) is 9.97 Å². The van der Waals surface area contributed by atoms with Crippen LogP contribution in [0.25, 0.3) is 30.9 Å². The van der Waals surface area contributed by atoms with Gasteiger partial charge in [0.15, 0.2) is 5.79 Å². The summed E-state index contributed by atoms with van der Waals surface area (Å²) < 4.78 is 14.9. The molecule has 5 aromatic rings. The number of anilines is 2. The third-order valence-electron chi connectivity index (χ3n) is 7.63. The van der Waals surface area contributed by atoms with Crippen LogP contribution < -0.4 is 10.6 Å². The van der Waals surface area contributed by atoms with Crippen LogP contribution in [-0.4, -0.2) is 50.7 Å². The summed E-state index contributed by atoms with van der Waals surface area (Å²) in [7, 11) is 0. The number of fused-ring (bicyclic) bond motifs is 3. The smallest absolute Gasteiger partial charge is 0.225 e. The van der Waals surface area contributed by atoms with Crippen molar-refractivity contribution >= 4 is 54.7 Å². The summed E-state index contributed by atoms with van der Waals surface area (Å²) in [5, 5.41) is 19.3. The van der Waals surface area contributed by atoms with E-state index in [9.17, 15) is 5.11 Å². The Balaban J connectivity index is 1.24. The molecule has 10 heteroatoms. The molecule has 7 rings (SSSR count). The fourth-order valence-corrected chi connectivity index (χ4v) is 7.93. The van der Waals surface area contributed by atoms with Crippen LogP contribution in [-0.2, 0) is 16.0 Å². The highest BCUT2D eigenvalue weighted by Crippen LogP contribution is 2.44. The molecule has 3 N–H and O–H groups in total. The normalized spacial score (nSPS) is 23.6. The highest BCUT2D eigenvalue weighted by molar-refractivity contribution is 7.21. The Morgan fingerprint density at radius 3 is 2.55 bits per heavy atom. The van der Waals surface area contributed by atoms with Gasteiger partial charge in [-0.15, -0.1) is 22.7 Å². The Labute approximate surface area is 240 Å². The first-order chi connectivity index (χ1) is 19.4. The van der Waals surface area contributed by atoms with E-state index in [1.54, 1.807) is 22.7 Å². The molecule has 4 heterocycles. The molecule has 40 heavy (non-hydrogen) atoms. The van der Waals surface area contributed by atoms with E-state index in [4.69, 9.17) is 24.4 Å². The number of benzene rings is 2. The monoisotopic (exact) mass is 573 g/mol. The van der Waals surface area contributed by atoms with Gasteiger partial charge in [0.1, 0.15) is 16.9 Å². The molecule has 1 saturated heterocycles. The van der Waals surface area contributed by atoms with Gasteiger partial charge in [-0.1, -0.05) is 30.3 Å². The van der Waals surface area contributed by atoms with E-state index in [0.717, 1.165) is 32.9 Å². The first-order valence-electron chi connectivity index (χ1n) is 13.6. The van der Waals surface area contributed by atoms with Gasteiger partial charge < -0.3 is 25.2 Å². The Hall–Kier alpha value is -3.15. The predicted molar refractivity (Wildman–Crippen MR) is 161 cm³/mol. The quantitative estimate of drug-likeness (QED) is 0.212. The average molecular weight is 574 g/mol.